The quantitative estimate of drug-likeness (QED) is 0.360. The zero-order valence-electron chi connectivity index (χ0n) is 14.9. The second-order valence-electron chi connectivity index (χ2n) is 6.83. The summed E-state index contributed by atoms with van der Waals surface area (Å²) in [7, 11) is 0. The second-order valence-corrected chi connectivity index (χ2v) is 6.83. The van der Waals surface area contributed by atoms with Crippen molar-refractivity contribution in [2.75, 3.05) is 0 Å². The minimum atomic E-state index is -0.986. The fraction of sp³-hybridized carbons (Fsp3) is 0.947. The summed E-state index contributed by atoms with van der Waals surface area (Å²) < 4.78 is 0. The molecule has 0 saturated heterocycles. The predicted octanol–water partition coefficient (Wildman–Crippen LogP) is 5.69. The van der Waals surface area contributed by atoms with Gasteiger partial charge in [0.15, 0.2) is 0 Å². The number of aliphatic carboxylic acids is 1. The van der Waals surface area contributed by atoms with Crippen LogP contribution in [0.5, 0.6) is 0 Å². The van der Waals surface area contributed by atoms with Gasteiger partial charge in [0.25, 0.3) is 0 Å². The van der Waals surface area contributed by atoms with Crippen LogP contribution >= 0.6 is 0 Å². The SMILES string of the molecule is CCCCCCCCCCCCCC(O)(CCC)CC(=O)O. The van der Waals surface area contributed by atoms with Crippen LogP contribution < -0.4 is 0 Å². The molecule has 1 atom stereocenters. The van der Waals surface area contributed by atoms with Gasteiger partial charge in [-0.15, -0.1) is 0 Å². The third-order valence-electron chi connectivity index (χ3n) is 4.44. The molecular weight excluding hydrogens is 276 g/mol. The van der Waals surface area contributed by atoms with Crippen LogP contribution in [0.15, 0.2) is 0 Å². The van der Waals surface area contributed by atoms with Crippen molar-refractivity contribution < 1.29 is 15.0 Å². The molecule has 0 aliphatic heterocycles. The maximum atomic E-state index is 10.8. The van der Waals surface area contributed by atoms with E-state index in [1.807, 2.05) is 6.92 Å². The van der Waals surface area contributed by atoms with Crippen LogP contribution in [0.4, 0.5) is 0 Å². The van der Waals surface area contributed by atoms with Gasteiger partial charge >= 0.3 is 5.97 Å². The van der Waals surface area contributed by atoms with E-state index in [2.05, 4.69) is 6.92 Å². The van der Waals surface area contributed by atoms with Gasteiger partial charge in [0.05, 0.1) is 12.0 Å². The molecule has 0 radical (unpaired) electrons. The number of aliphatic hydroxyl groups is 1. The van der Waals surface area contributed by atoms with Crippen LogP contribution in [-0.4, -0.2) is 21.8 Å². The van der Waals surface area contributed by atoms with Crippen LogP contribution in [0.25, 0.3) is 0 Å². The third kappa shape index (κ3) is 13.1. The van der Waals surface area contributed by atoms with Gasteiger partial charge in [-0.3, -0.25) is 4.79 Å². The van der Waals surface area contributed by atoms with Crippen LogP contribution in [0.2, 0.25) is 0 Å². The number of rotatable bonds is 16. The maximum Gasteiger partial charge on any atom is 0.306 e. The van der Waals surface area contributed by atoms with Crippen molar-refractivity contribution in [2.24, 2.45) is 0 Å². The van der Waals surface area contributed by atoms with Crippen molar-refractivity contribution in [3.63, 3.8) is 0 Å². The smallest absolute Gasteiger partial charge is 0.306 e. The lowest BCUT2D eigenvalue weighted by Gasteiger charge is -2.26. The summed E-state index contributed by atoms with van der Waals surface area (Å²) in [5.74, 6) is -0.890. The molecule has 0 rings (SSSR count). The fourth-order valence-electron chi connectivity index (χ4n) is 3.17. The number of unbranched alkanes of at least 4 members (excludes halogenated alkanes) is 10. The molecule has 0 fully saturated rings. The van der Waals surface area contributed by atoms with Crippen LogP contribution in [0.3, 0.4) is 0 Å². The molecule has 0 heterocycles. The van der Waals surface area contributed by atoms with Crippen molar-refractivity contribution in [2.45, 2.75) is 116 Å². The first-order valence-corrected chi connectivity index (χ1v) is 9.48. The van der Waals surface area contributed by atoms with Gasteiger partial charge in [-0.05, 0) is 12.8 Å². The lowest BCUT2D eigenvalue weighted by Crippen LogP contribution is -2.31. The number of hydrogen-bond donors (Lipinski definition) is 2. The van der Waals surface area contributed by atoms with Crippen LogP contribution in [0.1, 0.15) is 110 Å². The first kappa shape index (κ1) is 21.4. The molecule has 1 unspecified atom stereocenters. The lowest BCUT2D eigenvalue weighted by molar-refractivity contribution is -0.143. The Hall–Kier alpha value is -0.570. The van der Waals surface area contributed by atoms with Crippen molar-refractivity contribution in [1.29, 1.82) is 0 Å². The molecule has 0 spiro atoms. The van der Waals surface area contributed by atoms with E-state index in [9.17, 15) is 9.90 Å². The van der Waals surface area contributed by atoms with Crippen LogP contribution in [0, 0.1) is 0 Å². The normalized spacial score (nSPS) is 14.0. The summed E-state index contributed by atoms with van der Waals surface area (Å²) in [6.07, 6.45) is 16.0. The van der Waals surface area contributed by atoms with E-state index in [1.54, 1.807) is 0 Å². The zero-order chi connectivity index (χ0) is 16.7. The monoisotopic (exact) mass is 314 g/mol. The Morgan fingerprint density at radius 2 is 1.18 bits per heavy atom. The largest absolute Gasteiger partial charge is 0.481 e. The van der Waals surface area contributed by atoms with Gasteiger partial charge in [-0.2, -0.15) is 0 Å². The average Bonchev–Trinajstić information content (AvgIpc) is 2.44. The minimum Gasteiger partial charge on any atom is -0.481 e. The van der Waals surface area contributed by atoms with Gasteiger partial charge in [-0.25, -0.2) is 0 Å². The molecule has 0 aliphatic carbocycles. The summed E-state index contributed by atoms with van der Waals surface area (Å²) in [5, 5.41) is 19.2. The molecule has 0 bridgehead atoms. The Balaban J connectivity index is 3.51. The second kappa shape index (κ2) is 14.0. The number of carbonyl (C=O) groups is 1. The van der Waals surface area contributed by atoms with E-state index in [0.29, 0.717) is 12.8 Å². The maximum absolute atomic E-state index is 10.8. The fourth-order valence-corrected chi connectivity index (χ4v) is 3.17. The van der Waals surface area contributed by atoms with Gasteiger partial charge in [0.2, 0.25) is 0 Å². The number of carboxylic acid groups (broad SMARTS) is 1. The van der Waals surface area contributed by atoms with Gasteiger partial charge in [-0.1, -0.05) is 90.9 Å². The molecule has 22 heavy (non-hydrogen) atoms. The molecule has 0 aromatic heterocycles. The molecule has 0 aromatic carbocycles. The van der Waals surface area contributed by atoms with E-state index in [0.717, 1.165) is 19.3 Å². The molecule has 3 heteroatoms. The van der Waals surface area contributed by atoms with Crippen molar-refractivity contribution in [3.05, 3.63) is 0 Å². The molecule has 132 valence electrons. The van der Waals surface area contributed by atoms with Crippen molar-refractivity contribution >= 4 is 5.97 Å². The van der Waals surface area contributed by atoms with E-state index in [-0.39, 0.29) is 6.42 Å². The summed E-state index contributed by atoms with van der Waals surface area (Å²) in [5.41, 5.74) is -0.986. The molecule has 0 saturated carbocycles. The van der Waals surface area contributed by atoms with E-state index < -0.39 is 11.6 Å². The molecule has 0 amide bonds. The summed E-state index contributed by atoms with van der Waals surface area (Å²) in [6.45, 7) is 4.24. The minimum absolute atomic E-state index is 0.113. The molecule has 0 aromatic rings. The van der Waals surface area contributed by atoms with Crippen molar-refractivity contribution in [1.82, 2.24) is 0 Å². The average molecular weight is 315 g/mol. The summed E-state index contributed by atoms with van der Waals surface area (Å²) in [4.78, 5) is 10.8. The highest BCUT2D eigenvalue weighted by molar-refractivity contribution is 5.68. The van der Waals surface area contributed by atoms with E-state index >= 15 is 0 Å². The molecule has 0 aliphatic rings. The predicted molar refractivity (Wildman–Crippen MR) is 93.2 cm³/mol. The molecular formula is C19H38O3. The summed E-state index contributed by atoms with van der Waals surface area (Å²) in [6, 6.07) is 0. The Morgan fingerprint density at radius 1 is 0.727 bits per heavy atom. The highest BCUT2D eigenvalue weighted by Gasteiger charge is 2.28. The first-order valence-electron chi connectivity index (χ1n) is 9.48. The Bertz CT molecular complexity index is 265. The van der Waals surface area contributed by atoms with Crippen LogP contribution in [-0.2, 0) is 4.79 Å². The third-order valence-corrected chi connectivity index (χ3v) is 4.44. The van der Waals surface area contributed by atoms with E-state index in [1.165, 1.54) is 57.8 Å². The number of carboxylic acids is 1. The van der Waals surface area contributed by atoms with E-state index in [4.69, 9.17) is 5.11 Å². The highest BCUT2D eigenvalue weighted by Crippen LogP contribution is 2.25. The number of hydrogen-bond acceptors (Lipinski definition) is 2. The highest BCUT2D eigenvalue weighted by atomic mass is 16.4. The standard InChI is InChI=1S/C19H38O3/c1-3-5-6-7-8-9-10-11-12-13-14-16-19(22,15-4-2)17-18(20)21/h22H,3-17H2,1-2H3,(H,20,21). The zero-order valence-corrected chi connectivity index (χ0v) is 14.9. The van der Waals surface area contributed by atoms with Gasteiger partial charge in [0.1, 0.15) is 0 Å². The van der Waals surface area contributed by atoms with Gasteiger partial charge in [0, 0.05) is 0 Å². The topological polar surface area (TPSA) is 57.5 Å². The summed E-state index contributed by atoms with van der Waals surface area (Å²) >= 11 is 0. The lowest BCUT2D eigenvalue weighted by atomic mass is 9.88. The van der Waals surface area contributed by atoms with Crippen molar-refractivity contribution in [3.8, 4) is 0 Å². The Kier molecular flexibility index (Phi) is 13.7. The Labute approximate surface area is 137 Å². The first-order chi connectivity index (χ1) is 10.5. The Morgan fingerprint density at radius 3 is 1.59 bits per heavy atom. The molecule has 3 nitrogen and oxygen atoms in total. The van der Waals surface area contributed by atoms with Gasteiger partial charge < -0.3 is 10.2 Å². The molecule has 2 N–H and O–H groups in total.